The lowest BCUT2D eigenvalue weighted by Gasteiger charge is -2.31. The Morgan fingerprint density at radius 2 is 2.24 bits per heavy atom. The van der Waals surface area contributed by atoms with Gasteiger partial charge in [-0.05, 0) is 31.5 Å². The van der Waals surface area contributed by atoms with Crippen LogP contribution in [0.2, 0.25) is 0 Å². The summed E-state index contributed by atoms with van der Waals surface area (Å²) in [7, 11) is 3.78. The molecule has 2 heterocycles. The van der Waals surface area contributed by atoms with E-state index < -0.39 is 0 Å². The van der Waals surface area contributed by atoms with Gasteiger partial charge in [0.15, 0.2) is 0 Å². The first kappa shape index (κ1) is 14.1. The molecule has 0 radical (unpaired) electrons. The third-order valence-corrected chi connectivity index (χ3v) is 4.37. The van der Waals surface area contributed by atoms with Gasteiger partial charge in [0.2, 0.25) is 5.91 Å². The molecule has 2 aromatic rings. The topological polar surface area (TPSA) is 50.2 Å². The summed E-state index contributed by atoms with van der Waals surface area (Å²) in [5.41, 5.74) is 2.20. The minimum atomic E-state index is 0.110. The van der Waals surface area contributed by atoms with Gasteiger partial charge in [0.25, 0.3) is 0 Å². The largest absolute Gasteiger partial charge is 0.359 e. The van der Waals surface area contributed by atoms with Gasteiger partial charge < -0.3 is 9.88 Å². The molecule has 1 N–H and O–H groups in total. The summed E-state index contributed by atoms with van der Waals surface area (Å²) >= 11 is 0. The van der Waals surface area contributed by atoms with Crippen LogP contribution >= 0.6 is 0 Å². The van der Waals surface area contributed by atoms with Crippen molar-refractivity contribution in [3.05, 3.63) is 30.1 Å². The number of nitrogens with zero attached hydrogens (tertiary/aromatic N) is 3. The zero-order valence-electron chi connectivity index (χ0n) is 12.7. The Labute approximate surface area is 125 Å². The molecule has 21 heavy (non-hydrogen) atoms. The lowest BCUT2D eigenvalue weighted by Crippen LogP contribution is -2.42. The predicted octanol–water partition coefficient (Wildman–Crippen LogP) is 1.53. The van der Waals surface area contributed by atoms with Gasteiger partial charge in [-0.15, -0.1) is 0 Å². The number of imidazole rings is 1. The van der Waals surface area contributed by atoms with Gasteiger partial charge in [0, 0.05) is 20.6 Å². The molecule has 0 saturated carbocycles. The Morgan fingerprint density at radius 3 is 3.00 bits per heavy atom. The molecule has 0 bridgehead atoms. The molecular weight excluding hydrogens is 264 g/mol. The summed E-state index contributed by atoms with van der Waals surface area (Å²) in [5.74, 6) is 1.33. The zero-order chi connectivity index (χ0) is 14.8. The molecule has 1 aromatic heterocycles. The molecule has 0 aliphatic carbocycles. The van der Waals surface area contributed by atoms with E-state index in [0.29, 0.717) is 0 Å². The smallest absolute Gasteiger partial charge is 0.224 e. The number of hydrogen-bond acceptors (Lipinski definition) is 3. The second-order valence-electron chi connectivity index (χ2n) is 5.76. The molecule has 1 aromatic carbocycles. The van der Waals surface area contributed by atoms with Crippen molar-refractivity contribution in [2.45, 2.75) is 19.4 Å². The highest BCUT2D eigenvalue weighted by Gasteiger charge is 2.25. The summed E-state index contributed by atoms with van der Waals surface area (Å²) in [6, 6.07) is 8.19. The van der Waals surface area contributed by atoms with Crippen molar-refractivity contribution >= 4 is 16.9 Å². The molecule has 1 aliphatic rings. The highest BCUT2D eigenvalue weighted by atomic mass is 16.1. The third kappa shape index (κ3) is 2.78. The number of piperidine rings is 1. The van der Waals surface area contributed by atoms with Crippen LogP contribution < -0.4 is 5.32 Å². The van der Waals surface area contributed by atoms with Crippen molar-refractivity contribution in [2.75, 3.05) is 20.1 Å². The summed E-state index contributed by atoms with van der Waals surface area (Å²) in [6.45, 7) is 2.66. The number of fused-ring (bicyclic) bond motifs is 1. The number of nitrogens with one attached hydrogen (secondary N) is 1. The van der Waals surface area contributed by atoms with Crippen LogP contribution in [0.25, 0.3) is 11.0 Å². The summed E-state index contributed by atoms with van der Waals surface area (Å²) < 4.78 is 2.15. The van der Waals surface area contributed by atoms with E-state index in [4.69, 9.17) is 4.98 Å². The van der Waals surface area contributed by atoms with E-state index in [1.165, 1.54) is 0 Å². The van der Waals surface area contributed by atoms with Crippen LogP contribution in [0.1, 0.15) is 18.7 Å². The lowest BCUT2D eigenvalue weighted by molar-refractivity contribution is -0.126. The highest BCUT2D eigenvalue weighted by molar-refractivity contribution is 5.78. The van der Waals surface area contributed by atoms with E-state index in [2.05, 4.69) is 27.9 Å². The summed E-state index contributed by atoms with van der Waals surface area (Å²) in [5, 5.41) is 2.77. The number of carbonyl (C=O) groups is 1. The average Bonchev–Trinajstić information content (AvgIpc) is 2.83. The number of carbonyl (C=O) groups excluding carboxylic acids is 1. The molecule has 0 unspecified atom stereocenters. The third-order valence-electron chi connectivity index (χ3n) is 4.37. The standard InChI is InChI=1S/C16H22N4O/c1-17-16(21)12-6-5-9-20(10-12)11-15-18-13-7-3-4-8-14(13)19(15)2/h3-4,7-8,12H,5-6,9-11H2,1-2H3,(H,17,21)/t12-/m1/s1. The second-order valence-corrected chi connectivity index (χ2v) is 5.76. The van der Waals surface area contributed by atoms with Crippen molar-refractivity contribution in [2.24, 2.45) is 13.0 Å². The van der Waals surface area contributed by atoms with Crippen LogP contribution in [0.15, 0.2) is 24.3 Å². The van der Waals surface area contributed by atoms with Crippen molar-refractivity contribution in [3.63, 3.8) is 0 Å². The molecule has 1 aliphatic heterocycles. The molecule has 3 rings (SSSR count). The van der Waals surface area contributed by atoms with Gasteiger partial charge in [-0.2, -0.15) is 0 Å². The fourth-order valence-electron chi connectivity index (χ4n) is 3.15. The molecule has 0 spiro atoms. The molecule has 1 fully saturated rings. The SMILES string of the molecule is CNC(=O)[C@@H]1CCCN(Cc2nc3ccccc3n2C)C1. The first-order chi connectivity index (χ1) is 10.2. The van der Waals surface area contributed by atoms with Gasteiger partial charge in [-0.1, -0.05) is 12.1 Å². The summed E-state index contributed by atoms with van der Waals surface area (Å²) in [4.78, 5) is 18.9. The van der Waals surface area contributed by atoms with E-state index in [-0.39, 0.29) is 11.8 Å². The molecular formula is C16H22N4O. The van der Waals surface area contributed by atoms with Gasteiger partial charge in [-0.25, -0.2) is 4.98 Å². The molecule has 5 heteroatoms. The number of aromatic nitrogens is 2. The number of amides is 1. The number of para-hydroxylation sites is 2. The van der Waals surface area contributed by atoms with E-state index in [0.717, 1.165) is 49.3 Å². The van der Waals surface area contributed by atoms with Crippen LogP contribution in [0.3, 0.4) is 0 Å². The van der Waals surface area contributed by atoms with Crippen LogP contribution in [-0.4, -0.2) is 40.5 Å². The monoisotopic (exact) mass is 286 g/mol. The normalized spacial score (nSPS) is 19.8. The molecule has 5 nitrogen and oxygen atoms in total. The fourth-order valence-corrected chi connectivity index (χ4v) is 3.15. The predicted molar refractivity (Wildman–Crippen MR) is 82.8 cm³/mol. The molecule has 1 saturated heterocycles. The number of likely N-dealkylation sites (tertiary alicyclic amines) is 1. The first-order valence-corrected chi connectivity index (χ1v) is 7.53. The van der Waals surface area contributed by atoms with Gasteiger partial charge in [0.1, 0.15) is 5.82 Å². The van der Waals surface area contributed by atoms with E-state index in [1.54, 1.807) is 7.05 Å². The maximum atomic E-state index is 11.8. The van der Waals surface area contributed by atoms with Crippen molar-refractivity contribution in [1.82, 2.24) is 19.8 Å². The Morgan fingerprint density at radius 1 is 1.43 bits per heavy atom. The maximum Gasteiger partial charge on any atom is 0.224 e. The van der Waals surface area contributed by atoms with E-state index >= 15 is 0 Å². The minimum absolute atomic E-state index is 0.110. The highest BCUT2D eigenvalue weighted by Crippen LogP contribution is 2.20. The fraction of sp³-hybridized carbons (Fsp3) is 0.500. The number of aryl methyl sites for hydroxylation is 1. The van der Waals surface area contributed by atoms with E-state index in [1.807, 2.05) is 18.2 Å². The Bertz CT molecular complexity index is 649. The van der Waals surface area contributed by atoms with Crippen LogP contribution in [0, 0.1) is 5.92 Å². The Hall–Kier alpha value is -1.88. The number of rotatable bonds is 3. The second kappa shape index (κ2) is 5.85. The minimum Gasteiger partial charge on any atom is -0.359 e. The first-order valence-electron chi connectivity index (χ1n) is 7.53. The number of benzene rings is 1. The Kier molecular flexibility index (Phi) is 3.92. The van der Waals surface area contributed by atoms with Crippen molar-refractivity contribution < 1.29 is 4.79 Å². The van der Waals surface area contributed by atoms with Crippen molar-refractivity contribution in [3.8, 4) is 0 Å². The molecule has 1 atom stereocenters. The van der Waals surface area contributed by atoms with Gasteiger partial charge in [0.05, 0.1) is 23.5 Å². The quantitative estimate of drug-likeness (QED) is 0.931. The maximum absolute atomic E-state index is 11.8. The van der Waals surface area contributed by atoms with Crippen LogP contribution in [0.4, 0.5) is 0 Å². The Balaban J connectivity index is 1.75. The van der Waals surface area contributed by atoms with Crippen LogP contribution in [0.5, 0.6) is 0 Å². The zero-order valence-corrected chi connectivity index (χ0v) is 12.7. The van der Waals surface area contributed by atoms with E-state index in [9.17, 15) is 4.79 Å². The molecule has 1 amide bonds. The average molecular weight is 286 g/mol. The summed E-state index contributed by atoms with van der Waals surface area (Å²) in [6.07, 6.45) is 2.06. The number of hydrogen-bond donors (Lipinski definition) is 1. The molecule has 112 valence electrons. The van der Waals surface area contributed by atoms with Gasteiger partial charge in [-0.3, -0.25) is 9.69 Å². The van der Waals surface area contributed by atoms with Gasteiger partial charge >= 0.3 is 0 Å². The van der Waals surface area contributed by atoms with Crippen LogP contribution in [-0.2, 0) is 18.4 Å². The van der Waals surface area contributed by atoms with Crippen molar-refractivity contribution in [1.29, 1.82) is 0 Å². The lowest BCUT2D eigenvalue weighted by atomic mass is 9.97.